The maximum Gasteiger partial charge on any atom is 0.309 e. The molecule has 1 aliphatic carbocycles. The maximum atomic E-state index is 14.3. The van der Waals surface area contributed by atoms with Gasteiger partial charge in [0.2, 0.25) is 0 Å². The quantitative estimate of drug-likeness (QED) is 0.788. The molecule has 2 aromatic rings. The third-order valence-corrected chi connectivity index (χ3v) is 4.31. The molecule has 0 heterocycles. The fourth-order valence-electron chi connectivity index (χ4n) is 3.30. The molecule has 0 saturated carbocycles. The van der Waals surface area contributed by atoms with Crippen molar-refractivity contribution >= 4 is 5.97 Å². The Morgan fingerprint density at radius 3 is 2.68 bits per heavy atom. The molecule has 0 spiro atoms. The predicted molar refractivity (Wildman–Crippen MR) is 78.5 cm³/mol. The van der Waals surface area contributed by atoms with Gasteiger partial charge in [-0.05, 0) is 47.7 Å². The number of methoxy groups -OCH3 is 1. The molecule has 2 atom stereocenters. The van der Waals surface area contributed by atoms with Gasteiger partial charge in [0.15, 0.2) is 0 Å². The van der Waals surface area contributed by atoms with Gasteiger partial charge in [0.25, 0.3) is 0 Å². The lowest BCUT2D eigenvalue weighted by Crippen LogP contribution is -2.30. The maximum absolute atomic E-state index is 14.3. The van der Waals surface area contributed by atoms with E-state index in [1.54, 1.807) is 0 Å². The van der Waals surface area contributed by atoms with Gasteiger partial charge in [0.05, 0.1) is 13.0 Å². The molecule has 114 valence electrons. The van der Waals surface area contributed by atoms with Crippen LogP contribution in [0.5, 0.6) is 0 Å². The van der Waals surface area contributed by atoms with Gasteiger partial charge in [-0.3, -0.25) is 4.79 Å². The number of benzene rings is 2. The third-order valence-electron chi connectivity index (χ3n) is 4.31. The summed E-state index contributed by atoms with van der Waals surface area (Å²) in [5.74, 6) is -2.42. The summed E-state index contributed by atoms with van der Waals surface area (Å²) >= 11 is 0. The second-order valence-electron chi connectivity index (χ2n) is 5.51. The Hall–Kier alpha value is -2.23. The summed E-state index contributed by atoms with van der Waals surface area (Å²) < 4.78 is 32.7. The number of carbonyl (C=O) groups is 1. The Kier molecular flexibility index (Phi) is 3.92. The van der Waals surface area contributed by atoms with Crippen molar-refractivity contribution in [3.63, 3.8) is 0 Å². The van der Waals surface area contributed by atoms with Crippen molar-refractivity contribution in [3.05, 3.63) is 70.8 Å². The molecule has 1 aliphatic rings. The van der Waals surface area contributed by atoms with Crippen LogP contribution in [0.4, 0.5) is 8.78 Å². The van der Waals surface area contributed by atoms with Crippen molar-refractivity contribution in [2.75, 3.05) is 7.11 Å². The normalized spacial score (nSPS) is 20.3. The zero-order chi connectivity index (χ0) is 15.7. The molecule has 2 unspecified atom stereocenters. The van der Waals surface area contributed by atoms with E-state index >= 15 is 0 Å². The van der Waals surface area contributed by atoms with Crippen molar-refractivity contribution in [2.24, 2.45) is 5.92 Å². The Balaban J connectivity index is 2.17. The first kappa shape index (κ1) is 14.7. The molecular formula is C18H16F2O2. The molecule has 0 amide bonds. The minimum absolute atomic E-state index is 0.211. The third kappa shape index (κ3) is 2.49. The Labute approximate surface area is 127 Å². The highest BCUT2D eigenvalue weighted by molar-refractivity contribution is 5.75. The Morgan fingerprint density at radius 2 is 1.91 bits per heavy atom. The first-order valence-corrected chi connectivity index (χ1v) is 7.22. The van der Waals surface area contributed by atoms with Crippen LogP contribution in [0.2, 0.25) is 0 Å². The van der Waals surface area contributed by atoms with Crippen molar-refractivity contribution < 1.29 is 18.3 Å². The summed E-state index contributed by atoms with van der Waals surface area (Å²) in [6.07, 6.45) is 1.29. The molecule has 0 N–H and O–H groups in total. The summed E-state index contributed by atoms with van der Waals surface area (Å²) in [6.45, 7) is 0. The number of fused-ring (bicyclic) bond motifs is 1. The monoisotopic (exact) mass is 302 g/mol. The van der Waals surface area contributed by atoms with Gasteiger partial charge in [-0.2, -0.15) is 0 Å². The number of carbonyl (C=O) groups excluding carboxylic acids is 1. The molecule has 2 aromatic carbocycles. The van der Waals surface area contributed by atoms with Crippen molar-refractivity contribution in [1.29, 1.82) is 0 Å². The van der Waals surface area contributed by atoms with E-state index < -0.39 is 23.5 Å². The average Bonchev–Trinajstić information content (AvgIpc) is 2.55. The second-order valence-corrected chi connectivity index (χ2v) is 5.51. The molecule has 0 aromatic heterocycles. The molecule has 4 heteroatoms. The van der Waals surface area contributed by atoms with Crippen molar-refractivity contribution in [1.82, 2.24) is 0 Å². The number of rotatable bonds is 2. The van der Waals surface area contributed by atoms with Gasteiger partial charge < -0.3 is 4.74 Å². The lowest BCUT2D eigenvalue weighted by atomic mass is 9.71. The summed E-state index contributed by atoms with van der Waals surface area (Å²) in [6, 6.07) is 11.0. The van der Waals surface area contributed by atoms with Gasteiger partial charge in [-0.25, -0.2) is 8.78 Å². The van der Waals surface area contributed by atoms with Crippen LogP contribution < -0.4 is 0 Å². The first-order chi connectivity index (χ1) is 10.6. The number of esters is 1. The lowest BCUT2D eigenvalue weighted by Gasteiger charge is -2.32. The molecule has 2 nitrogen and oxygen atoms in total. The summed E-state index contributed by atoms with van der Waals surface area (Å²) in [5, 5.41) is 0. The van der Waals surface area contributed by atoms with E-state index in [4.69, 9.17) is 4.74 Å². The molecular weight excluding hydrogens is 286 g/mol. The van der Waals surface area contributed by atoms with E-state index in [-0.39, 0.29) is 11.5 Å². The highest BCUT2D eigenvalue weighted by atomic mass is 19.1. The second kappa shape index (κ2) is 5.87. The average molecular weight is 302 g/mol. The summed E-state index contributed by atoms with van der Waals surface area (Å²) in [4.78, 5) is 12.1. The fraction of sp³-hybridized carbons (Fsp3) is 0.278. The molecule has 22 heavy (non-hydrogen) atoms. The van der Waals surface area contributed by atoms with Crippen LogP contribution in [-0.4, -0.2) is 13.1 Å². The van der Waals surface area contributed by atoms with Crippen LogP contribution in [0, 0.1) is 17.6 Å². The molecule has 0 fully saturated rings. The predicted octanol–water partition coefficient (Wildman–Crippen LogP) is 3.83. The summed E-state index contributed by atoms with van der Waals surface area (Å²) in [7, 11) is 1.32. The van der Waals surface area contributed by atoms with Crippen LogP contribution >= 0.6 is 0 Å². The first-order valence-electron chi connectivity index (χ1n) is 7.22. The van der Waals surface area contributed by atoms with Gasteiger partial charge in [0, 0.05) is 5.92 Å². The standard InChI is InChI=1S/C18H16F2O2/c1-22-18(21)14-8-6-11-4-2-3-5-13(11)17(14)15-10-12(19)7-9-16(15)20/h2-5,7,9-10,14,17H,6,8H2,1H3. The van der Waals surface area contributed by atoms with Gasteiger partial charge in [-0.1, -0.05) is 24.3 Å². The highest BCUT2D eigenvalue weighted by Crippen LogP contribution is 2.42. The Bertz CT molecular complexity index is 712. The van der Waals surface area contributed by atoms with E-state index in [2.05, 4.69) is 0 Å². The molecule has 0 saturated heterocycles. The lowest BCUT2D eigenvalue weighted by molar-refractivity contribution is -0.146. The van der Waals surface area contributed by atoms with Crippen LogP contribution in [-0.2, 0) is 16.0 Å². The van der Waals surface area contributed by atoms with Gasteiger partial charge >= 0.3 is 5.97 Å². The highest BCUT2D eigenvalue weighted by Gasteiger charge is 2.37. The van der Waals surface area contributed by atoms with E-state index in [1.165, 1.54) is 13.2 Å². The molecule has 0 bridgehead atoms. The van der Waals surface area contributed by atoms with Crippen molar-refractivity contribution in [2.45, 2.75) is 18.8 Å². The topological polar surface area (TPSA) is 26.3 Å². The van der Waals surface area contributed by atoms with E-state index in [0.29, 0.717) is 6.42 Å². The van der Waals surface area contributed by atoms with E-state index in [9.17, 15) is 13.6 Å². The van der Waals surface area contributed by atoms with Crippen LogP contribution in [0.1, 0.15) is 29.0 Å². The van der Waals surface area contributed by atoms with E-state index in [1.807, 2.05) is 24.3 Å². The molecule has 3 rings (SSSR count). The van der Waals surface area contributed by atoms with Gasteiger partial charge in [-0.15, -0.1) is 0 Å². The molecule has 0 aliphatic heterocycles. The van der Waals surface area contributed by atoms with E-state index in [0.717, 1.165) is 29.7 Å². The number of halogens is 2. The van der Waals surface area contributed by atoms with Crippen molar-refractivity contribution in [3.8, 4) is 0 Å². The smallest absolute Gasteiger partial charge is 0.309 e. The number of aryl methyl sites for hydroxylation is 1. The minimum Gasteiger partial charge on any atom is -0.469 e. The van der Waals surface area contributed by atoms with Crippen LogP contribution in [0.3, 0.4) is 0 Å². The summed E-state index contributed by atoms with van der Waals surface area (Å²) in [5.41, 5.74) is 2.15. The number of hydrogen-bond acceptors (Lipinski definition) is 2. The minimum atomic E-state index is -0.520. The largest absolute Gasteiger partial charge is 0.469 e. The Morgan fingerprint density at radius 1 is 1.14 bits per heavy atom. The molecule has 0 radical (unpaired) electrons. The van der Waals surface area contributed by atoms with Gasteiger partial charge in [0.1, 0.15) is 11.6 Å². The number of ether oxygens (including phenoxy) is 1. The zero-order valence-electron chi connectivity index (χ0n) is 12.2. The fourth-order valence-corrected chi connectivity index (χ4v) is 3.30. The number of hydrogen-bond donors (Lipinski definition) is 0. The zero-order valence-corrected chi connectivity index (χ0v) is 12.2. The SMILES string of the molecule is COC(=O)C1CCc2ccccc2C1c1cc(F)ccc1F. The van der Waals surface area contributed by atoms with Crippen LogP contribution in [0.25, 0.3) is 0 Å². The van der Waals surface area contributed by atoms with Crippen LogP contribution in [0.15, 0.2) is 42.5 Å².